The molecule has 4 heteroatoms. The van der Waals surface area contributed by atoms with Gasteiger partial charge in [-0.2, -0.15) is 0 Å². The number of thiophene rings is 1. The summed E-state index contributed by atoms with van der Waals surface area (Å²) in [4.78, 5) is 13.3. The van der Waals surface area contributed by atoms with Gasteiger partial charge < -0.3 is 10.0 Å². The predicted octanol–water partition coefficient (Wildman–Crippen LogP) is 2.68. The van der Waals surface area contributed by atoms with Crippen molar-refractivity contribution in [3.8, 4) is 0 Å². The Hall–Kier alpha value is -1.03. The Bertz CT molecular complexity index is 357. The SMILES string of the molecule is CN(CC1CCC1)c1ccc(C(=O)O)s1. The first-order valence-corrected chi connectivity index (χ1v) is 6.02. The number of hydrogen-bond donors (Lipinski definition) is 1. The Morgan fingerprint density at radius 2 is 2.33 bits per heavy atom. The average Bonchev–Trinajstić information content (AvgIpc) is 2.59. The van der Waals surface area contributed by atoms with E-state index in [-0.39, 0.29) is 0 Å². The maximum atomic E-state index is 10.7. The van der Waals surface area contributed by atoms with E-state index in [4.69, 9.17) is 5.11 Å². The smallest absolute Gasteiger partial charge is 0.345 e. The van der Waals surface area contributed by atoms with E-state index in [1.807, 2.05) is 13.1 Å². The van der Waals surface area contributed by atoms with Crippen LogP contribution in [0.4, 0.5) is 5.00 Å². The second-order valence-corrected chi connectivity index (χ2v) is 5.18. The van der Waals surface area contributed by atoms with E-state index >= 15 is 0 Å². The van der Waals surface area contributed by atoms with E-state index in [2.05, 4.69) is 4.90 Å². The van der Waals surface area contributed by atoms with Crippen molar-refractivity contribution in [2.75, 3.05) is 18.5 Å². The molecule has 0 spiro atoms. The minimum absolute atomic E-state index is 0.422. The molecule has 0 aromatic carbocycles. The molecule has 1 N–H and O–H groups in total. The molecule has 2 rings (SSSR count). The Morgan fingerprint density at radius 1 is 1.60 bits per heavy atom. The van der Waals surface area contributed by atoms with Crippen molar-refractivity contribution in [2.45, 2.75) is 19.3 Å². The molecule has 0 saturated heterocycles. The molecular formula is C11H15NO2S. The van der Waals surface area contributed by atoms with Crippen molar-refractivity contribution in [3.05, 3.63) is 17.0 Å². The van der Waals surface area contributed by atoms with Gasteiger partial charge in [0.2, 0.25) is 0 Å². The number of anilines is 1. The maximum absolute atomic E-state index is 10.7. The summed E-state index contributed by atoms with van der Waals surface area (Å²) in [5, 5.41) is 9.87. The molecule has 82 valence electrons. The third-order valence-electron chi connectivity index (χ3n) is 2.94. The Labute approximate surface area is 93.3 Å². The van der Waals surface area contributed by atoms with Crippen molar-refractivity contribution in [3.63, 3.8) is 0 Å². The van der Waals surface area contributed by atoms with Crippen LogP contribution in [-0.2, 0) is 0 Å². The van der Waals surface area contributed by atoms with Crippen molar-refractivity contribution in [1.29, 1.82) is 0 Å². The summed E-state index contributed by atoms with van der Waals surface area (Å²) >= 11 is 1.35. The van der Waals surface area contributed by atoms with E-state index in [0.29, 0.717) is 4.88 Å². The lowest BCUT2D eigenvalue weighted by Crippen LogP contribution is -2.28. The minimum Gasteiger partial charge on any atom is -0.477 e. The van der Waals surface area contributed by atoms with Crippen LogP contribution in [0.25, 0.3) is 0 Å². The number of carboxylic acids is 1. The minimum atomic E-state index is -0.830. The molecular weight excluding hydrogens is 210 g/mol. The van der Waals surface area contributed by atoms with E-state index in [1.165, 1.54) is 30.6 Å². The Balaban J connectivity index is 1.97. The second-order valence-electron chi connectivity index (χ2n) is 4.12. The highest BCUT2D eigenvalue weighted by Crippen LogP contribution is 2.31. The summed E-state index contributed by atoms with van der Waals surface area (Å²) in [6.07, 6.45) is 3.99. The lowest BCUT2D eigenvalue weighted by atomic mass is 9.85. The third-order valence-corrected chi connectivity index (χ3v) is 4.12. The molecule has 1 aliphatic carbocycles. The van der Waals surface area contributed by atoms with Gasteiger partial charge in [0.25, 0.3) is 0 Å². The summed E-state index contributed by atoms with van der Waals surface area (Å²) in [5.41, 5.74) is 0. The van der Waals surface area contributed by atoms with Gasteiger partial charge in [-0.25, -0.2) is 4.79 Å². The number of hydrogen-bond acceptors (Lipinski definition) is 3. The van der Waals surface area contributed by atoms with Crippen LogP contribution in [-0.4, -0.2) is 24.7 Å². The zero-order chi connectivity index (χ0) is 10.8. The fraction of sp³-hybridized carbons (Fsp3) is 0.545. The lowest BCUT2D eigenvalue weighted by molar-refractivity contribution is 0.0702. The van der Waals surface area contributed by atoms with Crippen molar-refractivity contribution in [2.24, 2.45) is 5.92 Å². The summed E-state index contributed by atoms with van der Waals surface area (Å²) in [5.74, 6) is -0.0197. The largest absolute Gasteiger partial charge is 0.477 e. The van der Waals surface area contributed by atoms with Gasteiger partial charge in [0.05, 0.1) is 5.00 Å². The molecule has 0 aliphatic heterocycles. The van der Waals surface area contributed by atoms with Crippen LogP contribution in [0.1, 0.15) is 28.9 Å². The Kier molecular flexibility index (Phi) is 2.95. The second kappa shape index (κ2) is 4.23. The van der Waals surface area contributed by atoms with Gasteiger partial charge in [-0.1, -0.05) is 6.42 Å². The summed E-state index contributed by atoms with van der Waals surface area (Å²) < 4.78 is 0. The quantitative estimate of drug-likeness (QED) is 0.856. The van der Waals surface area contributed by atoms with Crippen molar-refractivity contribution in [1.82, 2.24) is 0 Å². The van der Waals surface area contributed by atoms with Crippen LogP contribution in [0, 0.1) is 5.92 Å². The molecule has 15 heavy (non-hydrogen) atoms. The molecule has 1 fully saturated rings. The maximum Gasteiger partial charge on any atom is 0.345 e. The van der Waals surface area contributed by atoms with Crippen LogP contribution in [0.3, 0.4) is 0 Å². The fourth-order valence-corrected chi connectivity index (χ4v) is 2.62. The first kappa shape index (κ1) is 10.5. The van der Waals surface area contributed by atoms with Gasteiger partial charge in [-0.05, 0) is 30.9 Å². The molecule has 0 bridgehead atoms. The van der Waals surface area contributed by atoms with Crippen LogP contribution >= 0.6 is 11.3 Å². The van der Waals surface area contributed by atoms with Gasteiger partial charge in [0.1, 0.15) is 4.88 Å². The van der Waals surface area contributed by atoms with E-state index < -0.39 is 5.97 Å². The van der Waals surface area contributed by atoms with E-state index in [1.54, 1.807) is 6.07 Å². The molecule has 1 heterocycles. The van der Waals surface area contributed by atoms with Gasteiger partial charge in [0, 0.05) is 13.6 Å². The summed E-state index contributed by atoms with van der Waals surface area (Å²) in [7, 11) is 2.04. The first-order chi connectivity index (χ1) is 7.16. The number of nitrogens with zero attached hydrogens (tertiary/aromatic N) is 1. The van der Waals surface area contributed by atoms with Crippen molar-refractivity contribution >= 4 is 22.3 Å². The number of carboxylic acid groups (broad SMARTS) is 1. The molecule has 0 atom stereocenters. The standard InChI is InChI=1S/C11H15NO2S/c1-12(7-8-3-2-4-8)10-6-5-9(15-10)11(13)14/h5-6,8H,2-4,7H2,1H3,(H,13,14). The van der Waals surface area contributed by atoms with Gasteiger partial charge >= 0.3 is 5.97 Å². The molecule has 1 saturated carbocycles. The van der Waals surface area contributed by atoms with Gasteiger partial charge in [-0.3, -0.25) is 0 Å². The topological polar surface area (TPSA) is 40.5 Å². The highest BCUT2D eigenvalue weighted by Gasteiger charge is 2.20. The zero-order valence-corrected chi connectivity index (χ0v) is 9.59. The van der Waals surface area contributed by atoms with E-state index in [9.17, 15) is 4.79 Å². The van der Waals surface area contributed by atoms with Gasteiger partial charge in [-0.15, -0.1) is 11.3 Å². The molecule has 0 amide bonds. The monoisotopic (exact) mass is 225 g/mol. The van der Waals surface area contributed by atoms with Crippen LogP contribution in [0.15, 0.2) is 12.1 Å². The average molecular weight is 225 g/mol. The third kappa shape index (κ3) is 2.31. The highest BCUT2D eigenvalue weighted by atomic mass is 32.1. The van der Waals surface area contributed by atoms with Crippen LogP contribution < -0.4 is 4.90 Å². The Morgan fingerprint density at radius 3 is 2.80 bits per heavy atom. The summed E-state index contributed by atoms with van der Waals surface area (Å²) in [6, 6.07) is 3.58. The number of rotatable bonds is 4. The zero-order valence-electron chi connectivity index (χ0n) is 8.77. The number of carbonyl (C=O) groups is 1. The predicted molar refractivity (Wildman–Crippen MR) is 61.9 cm³/mol. The molecule has 3 nitrogen and oxygen atoms in total. The van der Waals surface area contributed by atoms with Crippen LogP contribution in [0.5, 0.6) is 0 Å². The number of aromatic carboxylic acids is 1. The molecule has 1 aliphatic rings. The van der Waals surface area contributed by atoms with Crippen LogP contribution in [0.2, 0.25) is 0 Å². The first-order valence-electron chi connectivity index (χ1n) is 5.21. The molecule has 0 radical (unpaired) electrons. The van der Waals surface area contributed by atoms with Crippen molar-refractivity contribution < 1.29 is 9.90 Å². The summed E-state index contributed by atoms with van der Waals surface area (Å²) in [6.45, 7) is 1.06. The highest BCUT2D eigenvalue weighted by molar-refractivity contribution is 7.17. The molecule has 1 aromatic rings. The van der Waals surface area contributed by atoms with E-state index in [0.717, 1.165) is 17.5 Å². The fourth-order valence-electron chi connectivity index (χ4n) is 1.80. The van der Waals surface area contributed by atoms with Gasteiger partial charge in [0.15, 0.2) is 0 Å². The lowest BCUT2D eigenvalue weighted by Gasteiger charge is -2.30. The molecule has 0 unspecified atom stereocenters. The molecule has 1 aromatic heterocycles. The normalized spacial score (nSPS) is 16.1.